The van der Waals surface area contributed by atoms with E-state index in [0.717, 1.165) is 0 Å². The Morgan fingerprint density at radius 3 is 2.19 bits per heavy atom. The van der Waals surface area contributed by atoms with E-state index in [-0.39, 0.29) is 17.2 Å². The average molecular weight is 350 g/mol. The first kappa shape index (κ1) is 17.1. The lowest BCUT2D eigenvalue weighted by Crippen LogP contribution is -2.10. The number of furan rings is 1. The van der Waals surface area contributed by atoms with Crippen molar-refractivity contribution in [3.05, 3.63) is 82.1 Å². The lowest BCUT2D eigenvalue weighted by molar-refractivity contribution is -0.384. The van der Waals surface area contributed by atoms with Crippen LogP contribution in [0.1, 0.15) is 27.8 Å². The zero-order valence-corrected chi connectivity index (χ0v) is 13.8. The Morgan fingerprint density at radius 2 is 1.62 bits per heavy atom. The predicted molar refractivity (Wildman–Crippen MR) is 95.2 cm³/mol. The summed E-state index contributed by atoms with van der Waals surface area (Å²) in [7, 11) is 0. The average Bonchev–Trinajstić information content (AvgIpc) is 3.12. The summed E-state index contributed by atoms with van der Waals surface area (Å²) in [6.45, 7) is 1.47. The number of Topliss-reactive ketones (excluding diaryl/α,β-unsaturated/α-hetero) is 1. The van der Waals surface area contributed by atoms with Crippen molar-refractivity contribution in [1.82, 2.24) is 0 Å². The summed E-state index contributed by atoms with van der Waals surface area (Å²) in [4.78, 5) is 33.7. The number of nitro benzene ring substituents is 1. The minimum Gasteiger partial charge on any atom is -0.451 e. The second-order valence-electron chi connectivity index (χ2n) is 5.56. The van der Waals surface area contributed by atoms with Crippen molar-refractivity contribution in [2.24, 2.45) is 0 Å². The van der Waals surface area contributed by atoms with Gasteiger partial charge in [0.05, 0.1) is 4.92 Å². The van der Waals surface area contributed by atoms with E-state index >= 15 is 0 Å². The molecule has 1 amide bonds. The molecule has 3 rings (SSSR count). The lowest BCUT2D eigenvalue weighted by Gasteiger charge is -2.04. The quantitative estimate of drug-likeness (QED) is 0.419. The molecule has 0 aliphatic carbocycles. The number of nitrogens with zero attached hydrogens (tertiary/aromatic N) is 1. The van der Waals surface area contributed by atoms with E-state index in [1.807, 2.05) is 0 Å². The number of ketones is 1. The normalized spacial score (nSPS) is 10.3. The van der Waals surface area contributed by atoms with Crippen molar-refractivity contribution in [3.63, 3.8) is 0 Å². The molecule has 0 unspecified atom stereocenters. The molecule has 0 bridgehead atoms. The van der Waals surface area contributed by atoms with Gasteiger partial charge in [0.15, 0.2) is 11.5 Å². The highest BCUT2D eigenvalue weighted by molar-refractivity contribution is 6.03. The van der Waals surface area contributed by atoms with Crippen LogP contribution in [0.2, 0.25) is 0 Å². The number of rotatable bonds is 5. The number of nitrogens with one attached hydrogen (secondary N) is 1. The van der Waals surface area contributed by atoms with Gasteiger partial charge in [0.25, 0.3) is 11.6 Å². The highest BCUT2D eigenvalue weighted by atomic mass is 16.6. The number of hydrogen-bond acceptors (Lipinski definition) is 5. The number of amides is 1. The number of benzene rings is 2. The third-order valence-corrected chi connectivity index (χ3v) is 3.74. The van der Waals surface area contributed by atoms with Crippen LogP contribution in [-0.4, -0.2) is 16.6 Å². The fourth-order valence-electron chi connectivity index (χ4n) is 2.34. The number of hydrogen-bond donors (Lipinski definition) is 1. The fourth-order valence-corrected chi connectivity index (χ4v) is 2.34. The Morgan fingerprint density at radius 1 is 0.962 bits per heavy atom. The van der Waals surface area contributed by atoms with Crippen molar-refractivity contribution in [3.8, 4) is 11.3 Å². The van der Waals surface area contributed by atoms with Crippen LogP contribution in [0, 0.1) is 10.1 Å². The summed E-state index contributed by atoms with van der Waals surface area (Å²) < 4.78 is 5.53. The zero-order valence-electron chi connectivity index (χ0n) is 13.8. The van der Waals surface area contributed by atoms with Gasteiger partial charge in [0.1, 0.15) is 5.76 Å². The van der Waals surface area contributed by atoms with E-state index in [0.29, 0.717) is 22.6 Å². The molecule has 0 spiro atoms. The summed E-state index contributed by atoms with van der Waals surface area (Å²) in [5, 5.41) is 13.4. The Kier molecular flexibility index (Phi) is 4.62. The Balaban J connectivity index is 1.73. The monoisotopic (exact) mass is 350 g/mol. The third kappa shape index (κ3) is 3.67. The minimum absolute atomic E-state index is 0.0210. The van der Waals surface area contributed by atoms with Gasteiger partial charge in [0.2, 0.25) is 0 Å². The van der Waals surface area contributed by atoms with Crippen molar-refractivity contribution in [2.75, 3.05) is 5.32 Å². The molecular weight excluding hydrogens is 336 g/mol. The van der Waals surface area contributed by atoms with Crippen LogP contribution in [0.15, 0.2) is 65.1 Å². The molecule has 7 nitrogen and oxygen atoms in total. The van der Waals surface area contributed by atoms with E-state index in [2.05, 4.69) is 5.32 Å². The summed E-state index contributed by atoms with van der Waals surface area (Å²) >= 11 is 0. The molecule has 1 aromatic heterocycles. The van der Waals surface area contributed by atoms with E-state index in [9.17, 15) is 19.7 Å². The smallest absolute Gasteiger partial charge is 0.291 e. The lowest BCUT2D eigenvalue weighted by atomic mass is 10.1. The molecule has 1 N–H and O–H groups in total. The Labute approximate surface area is 148 Å². The minimum atomic E-state index is -0.484. The van der Waals surface area contributed by atoms with Crippen LogP contribution < -0.4 is 5.32 Å². The topological polar surface area (TPSA) is 102 Å². The number of nitro groups is 1. The largest absolute Gasteiger partial charge is 0.451 e. The number of non-ortho nitro benzene ring substituents is 1. The maximum Gasteiger partial charge on any atom is 0.291 e. The van der Waals surface area contributed by atoms with Crippen LogP contribution in [-0.2, 0) is 0 Å². The fraction of sp³-hybridized carbons (Fsp3) is 0.0526. The van der Waals surface area contributed by atoms with Gasteiger partial charge >= 0.3 is 0 Å². The molecule has 0 saturated heterocycles. The van der Waals surface area contributed by atoms with Gasteiger partial charge in [-0.2, -0.15) is 0 Å². The van der Waals surface area contributed by atoms with E-state index in [1.165, 1.54) is 25.1 Å². The van der Waals surface area contributed by atoms with E-state index < -0.39 is 10.8 Å². The molecule has 3 aromatic rings. The molecule has 2 aromatic carbocycles. The van der Waals surface area contributed by atoms with Crippen LogP contribution in [0.5, 0.6) is 0 Å². The SMILES string of the molecule is CC(=O)c1ccc(NC(=O)c2ccc(-c3ccc([N+](=O)[O-])cc3)o2)cc1. The number of anilines is 1. The van der Waals surface area contributed by atoms with E-state index in [4.69, 9.17) is 4.42 Å². The standard InChI is InChI=1S/C19H14N2O5/c1-12(22)13-2-6-15(7-3-13)20-19(23)18-11-10-17(26-18)14-4-8-16(9-5-14)21(24)25/h2-11H,1H3,(H,20,23). The zero-order chi connectivity index (χ0) is 18.7. The molecular formula is C19H14N2O5. The molecule has 1 heterocycles. The first-order valence-corrected chi connectivity index (χ1v) is 7.71. The molecule has 0 fully saturated rings. The first-order chi connectivity index (χ1) is 12.4. The Bertz CT molecular complexity index is 972. The second kappa shape index (κ2) is 7.02. The van der Waals surface area contributed by atoms with Crippen LogP contribution in [0.4, 0.5) is 11.4 Å². The van der Waals surface area contributed by atoms with Gasteiger partial charge in [-0.25, -0.2) is 0 Å². The van der Waals surface area contributed by atoms with Crippen LogP contribution in [0.3, 0.4) is 0 Å². The highest BCUT2D eigenvalue weighted by Gasteiger charge is 2.14. The molecule has 0 saturated carbocycles. The predicted octanol–water partition coefficient (Wildman–Crippen LogP) is 4.31. The maximum absolute atomic E-state index is 12.3. The maximum atomic E-state index is 12.3. The van der Waals surface area contributed by atoms with Gasteiger partial charge in [-0.1, -0.05) is 0 Å². The number of carbonyl (C=O) groups excluding carboxylic acids is 2. The molecule has 0 radical (unpaired) electrons. The van der Waals surface area contributed by atoms with Gasteiger partial charge in [-0.15, -0.1) is 0 Å². The molecule has 130 valence electrons. The summed E-state index contributed by atoms with van der Waals surface area (Å²) in [5.41, 5.74) is 1.70. The van der Waals surface area contributed by atoms with Gasteiger partial charge in [-0.05, 0) is 55.5 Å². The summed E-state index contributed by atoms with van der Waals surface area (Å²) in [5.74, 6) is 0.0429. The Hall–Kier alpha value is -3.74. The van der Waals surface area contributed by atoms with Gasteiger partial charge < -0.3 is 9.73 Å². The van der Waals surface area contributed by atoms with Crippen molar-refractivity contribution < 1.29 is 18.9 Å². The van der Waals surface area contributed by atoms with Gasteiger partial charge in [0, 0.05) is 28.9 Å². The highest BCUT2D eigenvalue weighted by Crippen LogP contribution is 2.25. The first-order valence-electron chi connectivity index (χ1n) is 7.71. The van der Waals surface area contributed by atoms with Gasteiger partial charge in [-0.3, -0.25) is 19.7 Å². The van der Waals surface area contributed by atoms with Crippen molar-refractivity contribution in [2.45, 2.75) is 6.92 Å². The third-order valence-electron chi connectivity index (χ3n) is 3.74. The summed E-state index contributed by atoms with van der Waals surface area (Å²) in [6, 6.07) is 15.5. The molecule has 0 aliphatic rings. The molecule has 7 heteroatoms. The molecule has 26 heavy (non-hydrogen) atoms. The number of carbonyl (C=O) groups is 2. The van der Waals surface area contributed by atoms with Crippen LogP contribution in [0.25, 0.3) is 11.3 Å². The summed E-state index contributed by atoms with van der Waals surface area (Å²) in [6.07, 6.45) is 0. The van der Waals surface area contributed by atoms with Crippen molar-refractivity contribution in [1.29, 1.82) is 0 Å². The van der Waals surface area contributed by atoms with Crippen molar-refractivity contribution >= 4 is 23.1 Å². The molecule has 0 atom stereocenters. The van der Waals surface area contributed by atoms with Crippen LogP contribution >= 0.6 is 0 Å². The van der Waals surface area contributed by atoms with E-state index in [1.54, 1.807) is 42.5 Å². The second-order valence-corrected chi connectivity index (χ2v) is 5.56. The molecule has 0 aliphatic heterocycles.